The van der Waals surface area contributed by atoms with Crippen LogP contribution in [0, 0.1) is 5.92 Å². The summed E-state index contributed by atoms with van der Waals surface area (Å²) in [5.74, 6) is 0.280. The zero-order valence-electron chi connectivity index (χ0n) is 4.95. The topological polar surface area (TPSA) is 55.5 Å². The van der Waals surface area contributed by atoms with Crippen LogP contribution in [0.4, 0.5) is 0 Å². The summed E-state index contributed by atoms with van der Waals surface area (Å²) >= 11 is 0. The lowest BCUT2D eigenvalue weighted by atomic mass is 10.2. The fourth-order valence-electron chi connectivity index (χ4n) is 2.43. The SMILES string of the molecule is N[C@@]12C[C@@H]3O[C@H]1C2[C@@H]3O. The molecule has 2 saturated heterocycles. The summed E-state index contributed by atoms with van der Waals surface area (Å²) in [6, 6.07) is 0. The number of nitrogens with two attached hydrogens (primary N) is 1. The number of ether oxygens (including phenoxy) is 1. The second-order valence-electron chi connectivity index (χ2n) is 3.43. The van der Waals surface area contributed by atoms with Crippen molar-refractivity contribution in [1.29, 1.82) is 0 Å². The molecule has 3 heteroatoms. The third kappa shape index (κ3) is 0.286. The fourth-order valence-corrected chi connectivity index (χ4v) is 2.43. The van der Waals surface area contributed by atoms with Crippen LogP contribution < -0.4 is 5.73 Å². The number of rotatable bonds is 0. The van der Waals surface area contributed by atoms with E-state index in [0.29, 0.717) is 0 Å². The molecule has 0 amide bonds. The molecule has 0 aromatic rings. The van der Waals surface area contributed by atoms with Crippen molar-refractivity contribution in [2.24, 2.45) is 11.7 Å². The Balaban J connectivity index is 2.10. The van der Waals surface area contributed by atoms with E-state index in [1.165, 1.54) is 0 Å². The Hall–Kier alpha value is -0.120. The molecule has 0 radical (unpaired) electrons. The van der Waals surface area contributed by atoms with Gasteiger partial charge in [0.2, 0.25) is 0 Å². The number of aliphatic hydroxyl groups is 1. The molecule has 4 bridgehead atoms. The molecule has 0 spiro atoms. The summed E-state index contributed by atoms with van der Waals surface area (Å²) < 4.78 is 5.35. The maximum atomic E-state index is 9.31. The predicted octanol–water partition coefficient (Wildman–Crippen LogP) is -1.15. The molecule has 4 fully saturated rings. The van der Waals surface area contributed by atoms with Crippen LogP contribution in [0.1, 0.15) is 6.42 Å². The van der Waals surface area contributed by atoms with E-state index in [-0.39, 0.29) is 29.8 Å². The first-order valence-corrected chi connectivity index (χ1v) is 3.36. The van der Waals surface area contributed by atoms with Crippen molar-refractivity contribution in [2.75, 3.05) is 0 Å². The first-order valence-electron chi connectivity index (χ1n) is 3.36. The average Bonchev–Trinajstić information content (AvgIpc) is 2.21. The van der Waals surface area contributed by atoms with E-state index in [1.54, 1.807) is 0 Å². The van der Waals surface area contributed by atoms with E-state index in [1.807, 2.05) is 0 Å². The summed E-state index contributed by atoms with van der Waals surface area (Å²) in [6.07, 6.45) is 0.909. The van der Waals surface area contributed by atoms with Gasteiger partial charge < -0.3 is 15.6 Å². The molecule has 2 aliphatic heterocycles. The Kier molecular flexibility index (Phi) is 0.488. The highest BCUT2D eigenvalue weighted by atomic mass is 16.5. The van der Waals surface area contributed by atoms with Gasteiger partial charge in [-0.15, -0.1) is 0 Å². The van der Waals surface area contributed by atoms with Crippen molar-refractivity contribution in [3.8, 4) is 0 Å². The normalized spacial score (nSPS) is 75.3. The number of aliphatic hydroxyl groups excluding tert-OH is 1. The average molecular weight is 127 g/mol. The van der Waals surface area contributed by atoms with Gasteiger partial charge in [0, 0.05) is 5.92 Å². The minimum atomic E-state index is -0.250. The minimum Gasteiger partial charge on any atom is -0.390 e. The summed E-state index contributed by atoms with van der Waals surface area (Å²) in [5.41, 5.74) is 5.74. The maximum Gasteiger partial charge on any atom is 0.0874 e. The van der Waals surface area contributed by atoms with E-state index in [4.69, 9.17) is 10.5 Å². The van der Waals surface area contributed by atoms with E-state index < -0.39 is 0 Å². The molecule has 0 aromatic carbocycles. The van der Waals surface area contributed by atoms with Crippen LogP contribution in [0.3, 0.4) is 0 Å². The van der Waals surface area contributed by atoms with Crippen LogP contribution in [0.2, 0.25) is 0 Å². The van der Waals surface area contributed by atoms with E-state index in [9.17, 15) is 5.11 Å². The summed E-state index contributed by atoms with van der Waals surface area (Å²) in [5, 5.41) is 9.31. The van der Waals surface area contributed by atoms with E-state index in [2.05, 4.69) is 0 Å². The lowest BCUT2D eigenvalue weighted by molar-refractivity contribution is 0.0466. The summed E-state index contributed by atoms with van der Waals surface area (Å²) in [4.78, 5) is 0. The quantitative estimate of drug-likeness (QED) is 0.432. The molecule has 9 heavy (non-hydrogen) atoms. The fraction of sp³-hybridized carbons (Fsp3) is 1.00. The van der Waals surface area contributed by atoms with Crippen molar-refractivity contribution in [1.82, 2.24) is 0 Å². The molecule has 2 heterocycles. The molecular formula is C6H9NO2. The van der Waals surface area contributed by atoms with Gasteiger partial charge in [-0.1, -0.05) is 0 Å². The Morgan fingerprint density at radius 2 is 2.44 bits per heavy atom. The van der Waals surface area contributed by atoms with Crippen LogP contribution in [0.25, 0.3) is 0 Å². The third-order valence-electron chi connectivity index (χ3n) is 2.99. The van der Waals surface area contributed by atoms with Gasteiger partial charge in [0.1, 0.15) is 0 Å². The van der Waals surface area contributed by atoms with Crippen molar-refractivity contribution >= 4 is 0 Å². The van der Waals surface area contributed by atoms with E-state index in [0.717, 1.165) is 6.42 Å². The highest BCUT2D eigenvalue weighted by Crippen LogP contribution is 2.63. The molecule has 3 N–H and O–H groups in total. The maximum absolute atomic E-state index is 9.31. The zero-order valence-corrected chi connectivity index (χ0v) is 4.95. The Morgan fingerprint density at radius 1 is 1.67 bits per heavy atom. The molecule has 2 saturated carbocycles. The second-order valence-corrected chi connectivity index (χ2v) is 3.43. The Morgan fingerprint density at radius 3 is 2.56 bits per heavy atom. The van der Waals surface area contributed by atoms with Gasteiger partial charge in [0.05, 0.1) is 23.9 Å². The first-order chi connectivity index (χ1) is 4.23. The molecule has 1 unspecified atom stereocenters. The summed E-state index contributed by atoms with van der Waals surface area (Å²) in [7, 11) is 0. The highest BCUT2D eigenvalue weighted by molar-refractivity contribution is 5.32. The smallest absolute Gasteiger partial charge is 0.0874 e. The minimum absolute atomic E-state index is 0.0741. The zero-order chi connectivity index (χ0) is 6.22. The molecule has 4 rings (SSSR count). The van der Waals surface area contributed by atoms with E-state index >= 15 is 0 Å². The van der Waals surface area contributed by atoms with Crippen molar-refractivity contribution in [3.05, 3.63) is 0 Å². The van der Waals surface area contributed by atoms with Crippen molar-refractivity contribution in [2.45, 2.75) is 30.3 Å². The standard InChI is InChI=1S/C6H9NO2/c7-6-1-2-4(8)3(6)5(6)9-2/h2-5,8H,1,7H2/t2-,3?,4+,5-,6+/m0/s1. The second kappa shape index (κ2) is 0.944. The molecule has 3 nitrogen and oxygen atoms in total. The molecule has 50 valence electrons. The third-order valence-corrected chi connectivity index (χ3v) is 2.99. The van der Waals surface area contributed by atoms with Gasteiger partial charge in [-0.05, 0) is 6.42 Å². The van der Waals surface area contributed by atoms with Gasteiger partial charge in [-0.25, -0.2) is 0 Å². The summed E-state index contributed by atoms with van der Waals surface area (Å²) in [6.45, 7) is 0. The Labute approximate surface area is 52.8 Å². The Bertz CT molecular complexity index is 182. The van der Waals surface area contributed by atoms with Gasteiger partial charge >= 0.3 is 0 Å². The van der Waals surface area contributed by atoms with Crippen LogP contribution in [-0.2, 0) is 4.74 Å². The van der Waals surface area contributed by atoms with Gasteiger partial charge in [0.25, 0.3) is 0 Å². The predicted molar refractivity (Wildman–Crippen MR) is 29.7 cm³/mol. The van der Waals surface area contributed by atoms with Crippen molar-refractivity contribution < 1.29 is 9.84 Å². The van der Waals surface area contributed by atoms with Gasteiger partial charge in [0.15, 0.2) is 0 Å². The lowest BCUT2D eigenvalue weighted by Gasteiger charge is -2.02. The number of hydrogen-bond acceptors (Lipinski definition) is 3. The van der Waals surface area contributed by atoms with Gasteiger partial charge in [-0.2, -0.15) is 0 Å². The van der Waals surface area contributed by atoms with Gasteiger partial charge in [-0.3, -0.25) is 0 Å². The molecule has 5 atom stereocenters. The first kappa shape index (κ1) is 4.66. The number of hydrogen-bond donors (Lipinski definition) is 2. The van der Waals surface area contributed by atoms with Crippen LogP contribution in [-0.4, -0.2) is 29.0 Å². The monoisotopic (exact) mass is 127 g/mol. The lowest BCUT2D eigenvalue weighted by Crippen LogP contribution is -2.23. The van der Waals surface area contributed by atoms with Crippen LogP contribution in [0.5, 0.6) is 0 Å². The molecule has 0 aromatic heterocycles. The largest absolute Gasteiger partial charge is 0.390 e. The molecular weight excluding hydrogens is 118 g/mol. The van der Waals surface area contributed by atoms with Crippen LogP contribution in [0.15, 0.2) is 0 Å². The van der Waals surface area contributed by atoms with Crippen molar-refractivity contribution in [3.63, 3.8) is 0 Å². The van der Waals surface area contributed by atoms with Crippen LogP contribution >= 0.6 is 0 Å². The molecule has 4 aliphatic rings. The highest BCUT2D eigenvalue weighted by Gasteiger charge is 2.79. The molecule has 2 aliphatic carbocycles.